The van der Waals surface area contributed by atoms with Crippen LogP contribution in [0.2, 0.25) is 0 Å². The van der Waals surface area contributed by atoms with Gasteiger partial charge in [0.1, 0.15) is 11.5 Å². The molecule has 4 aromatic rings. The summed E-state index contributed by atoms with van der Waals surface area (Å²) in [5, 5.41) is 21.2. The summed E-state index contributed by atoms with van der Waals surface area (Å²) in [6.07, 6.45) is 0. The lowest BCUT2D eigenvalue weighted by atomic mass is 9.99. The number of aromatic nitrogens is 2. The Hall–Kier alpha value is -4.43. The summed E-state index contributed by atoms with van der Waals surface area (Å²) < 4.78 is 5.14. The zero-order chi connectivity index (χ0) is 25.6. The van der Waals surface area contributed by atoms with E-state index in [0.717, 1.165) is 55.4 Å². The number of hydrogen-bond acceptors (Lipinski definition) is 7. The Morgan fingerprint density at radius 1 is 0.919 bits per heavy atom. The van der Waals surface area contributed by atoms with Crippen LogP contribution in [0.5, 0.6) is 11.5 Å². The van der Waals surface area contributed by atoms with Gasteiger partial charge in [-0.1, -0.05) is 36.4 Å². The van der Waals surface area contributed by atoms with Crippen LogP contribution in [0.1, 0.15) is 16.1 Å². The maximum atomic E-state index is 12.5. The number of nitrogens with one attached hydrogen (secondary N) is 1. The summed E-state index contributed by atoms with van der Waals surface area (Å²) in [7, 11) is 1.60. The molecule has 0 atom stereocenters. The summed E-state index contributed by atoms with van der Waals surface area (Å²) in [6.45, 7) is 4.24. The van der Waals surface area contributed by atoms with Crippen molar-refractivity contribution in [2.24, 2.45) is 0 Å². The van der Waals surface area contributed by atoms with E-state index in [1.54, 1.807) is 49.6 Å². The van der Waals surface area contributed by atoms with Crippen LogP contribution >= 0.6 is 0 Å². The number of methoxy groups -OCH3 is 1. The smallest absolute Gasteiger partial charge is 0.276 e. The van der Waals surface area contributed by atoms with Crippen molar-refractivity contribution >= 4 is 17.4 Å². The average Bonchev–Trinajstić information content (AvgIpc) is 2.94. The first-order chi connectivity index (χ1) is 18.1. The Morgan fingerprint density at radius 3 is 2.41 bits per heavy atom. The molecule has 3 aromatic carbocycles. The van der Waals surface area contributed by atoms with Crippen LogP contribution in [-0.4, -0.2) is 59.4 Å². The third-order valence-corrected chi connectivity index (χ3v) is 6.50. The lowest BCUT2D eigenvalue weighted by Crippen LogP contribution is -2.46. The highest BCUT2D eigenvalue weighted by Gasteiger charge is 2.20. The summed E-state index contributed by atoms with van der Waals surface area (Å²) in [4.78, 5) is 17.2. The van der Waals surface area contributed by atoms with E-state index >= 15 is 0 Å². The molecule has 1 aromatic heterocycles. The molecular formula is C29H29N5O3. The Kier molecular flexibility index (Phi) is 7.28. The van der Waals surface area contributed by atoms with E-state index in [1.165, 1.54) is 5.56 Å². The predicted octanol–water partition coefficient (Wildman–Crippen LogP) is 4.43. The Morgan fingerprint density at radius 2 is 1.70 bits per heavy atom. The predicted molar refractivity (Wildman–Crippen MR) is 144 cm³/mol. The van der Waals surface area contributed by atoms with Gasteiger partial charge in [-0.05, 0) is 65.2 Å². The first-order valence-corrected chi connectivity index (χ1v) is 12.2. The van der Waals surface area contributed by atoms with Crippen LogP contribution in [0, 0.1) is 0 Å². The van der Waals surface area contributed by atoms with Gasteiger partial charge in [0, 0.05) is 38.4 Å². The minimum atomic E-state index is -0.306. The molecule has 37 heavy (non-hydrogen) atoms. The van der Waals surface area contributed by atoms with Gasteiger partial charge in [0.25, 0.3) is 5.91 Å². The molecule has 0 bridgehead atoms. The monoisotopic (exact) mass is 495 g/mol. The first-order valence-electron chi connectivity index (χ1n) is 12.2. The fraction of sp³-hybridized carbons (Fsp3) is 0.207. The molecule has 0 spiro atoms. The number of carbonyl (C=O) groups excluding carboxylic acids is 1. The number of phenols is 1. The number of piperazine rings is 1. The topological polar surface area (TPSA) is 90.8 Å². The Labute approximate surface area is 216 Å². The van der Waals surface area contributed by atoms with Crippen molar-refractivity contribution in [3.63, 3.8) is 0 Å². The summed E-state index contributed by atoms with van der Waals surface area (Å²) in [6, 6.07) is 26.4. The van der Waals surface area contributed by atoms with E-state index in [9.17, 15) is 9.90 Å². The highest BCUT2D eigenvalue weighted by atomic mass is 16.5. The van der Waals surface area contributed by atoms with E-state index in [-0.39, 0.29) is 17.4 Å². The number of benzene rings is 3. The number of carbonyl (C=O) groups is 1. The number of rotatable bonds is 7. The van der Waals surface area contributed by atoms with E-state index in [1.807, 2.05) is 24.3 Å². The van der Waals surface area contributed by atoms with Gasteiger partial charge in [-0.3, -0.25) is 9.69 Å². The second-order valence-electron chi connectivity index (χ2n) is 8.93. The van der Waals surface area contributed by atoms with E-state index < -0.39 is 0 Å². The molecule has 1 saturated heterocycles. The molecule has 8 heteroatoms. The van der Waals surface area contributed by atoms with Crippen LogP contribution in [0.25, 0.3) is 11.1 Å². The molecule has 188 valence electrons. The van der Waals surface area contributed by atoms with Crippen LogP contribution in [0.3, 0.4) is 0 Å². The van der Waals surface area contributed by atoms with E-state index in [4.69, 9.17) is 4.74 Å². The summed E-state index contributed by atoms with van der Waals surface area (Å²) in [5.41, 5.74) is 4.31. The van der Waals surface area contributed by atoms with Crippen molar-refractivity contribution in [1.29, 1.82) is 0 Å². The number of hydrogen-bond donors (Lipinski definition) is 2. The highest BCUT2D eigenvalue weighted by molar-refractivity contribution is 6.02. The standard InChI is InChI=1S/C29H29N5O3/c1-37-25-11-9-23(10-12-25)30-29(36)27-13-14-28(32-31-27)34-17-15-33(16-18-34)20-22-5-2-3-8-26(22)21-6-4-7-24(35)19-21/h2-14,19,35H,15-18,20H2,1H3,(H,30,36). The maximum absolute atomic E-state index is 12.5. The van der Waals surface area contributed by atoms with Crippen LogP contribution in [0.4, 0.5) is 11.5 Å². The van der Waals surface area contributed by atoms with Crippen LogP contribution in [0.15, 0.2) is 84.9 Å². The Bertz CT molecular complexity index is 1350. The minimum Gasteiger partial charge on any atom is -0.508 e. The molecule has 1 fully saturated rings. The number of nitrogens with zero attached hydrogens (tertiary/aromatic N) is 4. The normalized spacial score (nSPS) is 13.8. The molecule has 2 N–H and O–H groups in total. The van der Waals surface area contributed by atoms with Crippen LogP contribution in [-0.2, 0) is 6.54 Å². The molecule has 0 aliphatic carbocycles. The third-order valence-electron chi connectivity index (χ3n) is 6.50. The fourth-order valence-corrected chi connectivity index (χ4v) is 4.47. The Balaban J connectivity index is 1.17. The van der Waals surface area contributed by atoms with Crippen molar-refractivity contribution in [3.05, 3.63) is 96.2 Å². The van der Waals surface area contributed by atoms with Gasteiger partial charge < -0.3 is 20.1 Å². The summed E-state index contributed by atoms with van der Waals surface area (Å²) >= 11 is 0. The van der Waals surface area contributed by atoms with Crippen molar-refractivity contribution in [3.8, 4) is 22.6 Å². The molecule has 5 rings (SSSR count). The maximum Gasteiger partial charge on any atom is 0.276 e. The molecule has 8 nitrogen and oxygen atoms in total. The van der Waals surface area contributed by atoms with Crippen molar-refractivity contribution in [2.45, 2.75) is 6.54 Å². The summed E-state index contributed by atoms with van der Waals surface area (Å²) in [5.74, 6) is 1.45. The zero-order valence-electron chi connectivity index (χ0n) is 20.7. The number of aromatic hydroxyl groups is 1. The molecule has 1 aliphatic heterocycles. The number of anilines is 2. The van der Waals surface area contributed by atoms with Crippen LogP contribution < -0.4 is 15.0 Å². The second-order valence-corrected chi connectivity index (χ2v) is 8.93. The average molecular weight is 496 g/mol. The van der Waals surface area contributed by atoms with Gasteiger partial charge in [-0.25, -0.2) is 0 Å². The van der Waals surface area contributed by atoms with Crippen molar-refractivity contribution in [1.82, 2.24) is 15.1 Å². The van der Waals surface area contributed by atoms with Crippen molar-refractivity contribution in [2.75, 3.05) is 43.5 Å². The first kappa shape index (κ1) is 24.3. The molecule has 0 radical (unpaired) electrons. The number of amides is 1. The quantitative estimate of drug-likeness (QED) is 0.392. The van der Waals surface area contributed by atoms with Crippen molar-refractivity contribution < 1.29 is 14.6 Å². The minimum absolute atomic E-state index is 0.266. The van der Waals surface area contributed by atoms with Gasteiger partial charge in [-0.15, -0.1) is 10.2 Å². The third kappa shape index (κ3) is 5.87. The van der Waals surface area contributed by atoms with Gasteiger partial charge in [-0.2, -0.15) is 0 Å². The lowest BCUT2D eigenvalue weighted by molar-refractivity contribution is 0.102. The number of phenolic OH excluding ortho intramolecular Hbond substituents is 1. The molecule has 2 heterocycles. The zero-order valence-corrected chi connectivity index (χ0v) is 20.7. The molecular weight excluding hydrogens is 466 g/mol. The van der Waals surface area contributed by atoms with E-state index in [2.05, 4.69) is 43.5 Å². The second kappa shape index (κ2) is 11.1. The molecule has 0 unspecified atom stereocenters. The fourth-order valence-electron chi connectivity index (χ4n) is 4.47. The number of ether oxygens (including phenoxy) is 1. The highest BCUT2D eigenvalue weighted by Crippen LogP contribution is 2.28. The largest absolute Gasteiger partial charge is 0.508 e. The van der Waals surface area contributed by atoms with Gasteiger partial charge in [0.15, 0.2) is 11.5 Å². The van der Waals surface area contributed by atoms with Gasteiger partial charge in [0.2, 0.25) is 0 Å². The molecule has 1 aliphatic rings. The van der Waals surface area contributed by atoms with Gasteiger partial charge in [0.05, 0.1) is 7.11 Å². The SMILES string of the molecule is COc1ccc(NC(=O)c2ccc(N3CCN(Cc4ccccc4-c4cccc(O)c4)CC3)nn2)cc1. The molecule has 1 amide bonds. The van der Waals surface area contributed by atoms with Gasteiger partial charge >= 0.3 is 0 Å². The lowest BCUT2D eigenvalue weighted by Gasteiger charge is -2.35. The molecule has 0 saturated carbocycles. The van der Waals surface area contributed by atoms with E-state index in [0.29, 0.717) is 5.69 Å².